The Hall–Kier alpha value is -2.92. The van der Waals surface area contributed by atoms with Crippen LogP contribution >= 0.6 is 0 Å². The molecular weight excluding hydrogens is 434 g/mol. The number of phenols is 1. The molecule has 2 rings (SSSR count). The van der Waals surface area contributed by atoms with Crippen LogP contribution in [0.25, 0.3) is 0 Å². The zero-order valence-electron chi connectivity index (χ0n) is 17.3. The first-order valence-electron chi connectivity index (χ1n) is 9.50. The maximum atomic E-state index is 12.7. The highest BCUT2D eigenvalue weighted by atomic mass is 32.2. The number of hydrogen-bond acceptors (Lipinski definition) is 6. The number of alkyl halides is 2. The molecule has 0 saturated heterocycles. The van der Waals surface area contributed by atoms with E-state index in [9.17, 15) is 27.1 Å². The molecule has 2 aromatic rings. The van der Waals surface area contributed by atoms with Crippen molar-refractivity contribution in [2.45, 2.75) is 32.3 Å². The Morgan fingerprint density at radius 1 is 1.10 bits per heavy atom. The minimum Gasteiger partial charge on any atom is -0.506 e. The molecular formula is C20H24F2N2O6S. The van der Waals surface area contributed by atoms with Gasteiger partial charge >= 0.3 is 6.61 Å². The lowest BCUT2D eigenvalue weighted by Crippen LogP contribution is -2.30. The summed E-state index contributed by atoms with van der Waals surface area (Å²) in [5.74, 6) is -1.34. The van der Waals surface area contributed by atoms with E-state index in [1.165, 1.54) is 22.5 Å². The molecule has 31 heavy (non-hydrogen) atoms. The molecule has 0 fully saturated rings. The van der Waals surface area contributed by atoms with Crippen LogP contribution in [0.2, 0.25) is 0 Å². The van der Waals surface area contributed by atoms with Crippen LogP contribution in [0, 0.1) is 0 Å². The highest BCUT2D eigenvalue weighted by Gasteiger charge is 2.23. The summed E-state index contributed by atoms with van der Waals surface area (Å²) in [6.45, 7) is 2.63. The van der Waals surface area contributed by atoms with Crippen LogP contribution in [0.3, 0.4) is 0 Å². The summed E-state index contributed by atoms with van der Waals surface area (Å²) in [6.07, 6.45) is 0. The number of carbonyl (C=O) groups excluding carboxylic acids is 1. The number of nitrogens with zero attached hydrogens (tertiary/aromatic N) is 1. The second kappa shape index (κ2) is 10.4. The Morgan fingerprint density at radius 3 is 2.35 bits per heavy atom. The number of aromatic hydroxyl groups is 1. The normalized spacial score (nSPS) is 11.6. The monoisotopic (exact) mass is 458 g/mol. The Bertz CT molecular complexity index is 1030. The maximum absolute atomic E-state index is 12.7. The van der Waals surface area contributed by atoms with Crippen molar-refractivity contribution in [3.05, 3.63) is 42.0 Å². The van der Waals surface area contributed by atoms with Gasteiger partial charge in [0.15, 0.2) is 11.5 Å². The Balaban J connectivity index is 2.34. The van der Waals surface area contributed by atoms with E-state index in [4.69, 9.17) is 4.74 Å². The molecule has 2 N–H and O–H groups in total. The fraction of sp³-hybridized carbons (Fsp3) is 0.350. The van der Waals surface area contributed by atoms with Gasteiger partial charge in [-0.25, -0.2) is 8.42 Å². The van der Waals surface area contributed by atoms with Crippen LogP contribution < -0.4 is 14.8 Å². The molecule has 0 spiro atoms. The lowest BCUT2D eigenvalue weighted by molar-refractivity contribution is -0.0514. The number of sulfonamides is 1. The van der Waals surface area contributed by atoms with Crippen LogP contribution in [-0.4, -0.2) is 50.0 Å². The fourth-order valence-electron chi connectivity index (χ4n) is 2.79. The summed E-state index contributed by atoms with van der Waals surface area (Å²) in [6, 6.07) is 7.17. The molecule has 0 bridgehead atoms. The third-order valence-electron chi connectivity index (χ3n) is 4.28. The van der Waals surface area contributed by atoms with Crippen molar-refractivity contribution in [1.82, 2.24) is 4.31 Å². The van der Waals surface area contributed by atoms with Gasteiger partial charge in [-0.2, -0.15) is 13.1 Å². The van der Waals surface area contributed by atoms with Gasteiger partial charge in [0, 0.05) is 18.7 Å². The number of ether oxygens (including phenoxy) is 2. The van der Waals surface area contributed by atoms with Crippen molar-refractivity contribution in [3.8, 4) is 17.2 Å². The molecule has 0 unspecified atom stereocenters. The molecule has 0 aromatic heterocycles. The molecule has 0 radical (unpaired) electrons. The average molecular weight is 458 g/mol. The van der Waals surface area contributed by atoms with Crippen LogP contribution in [0.1, 0.15) is 31.1 Å². The Kier molecular flexibility index (Phi) is 8.17. The van der Waals surface area contributed by atoms with E-state index < -0.39 is 22.5 Å². The molecule has 11 heteroatoms. The zero-order valence-corrected chi connectivity index (χ0v) is 18.1. The van der Waals surface area contributed by atoms with E-state index >= 15 is 0 Å². The third-order valence-corrected chi connectivity index (χ3v) is 6.33. The summed E-state index contributed by atoms with van der Waals surface area (Å²) in [7, 11) is -3.81. The molecule has 0 aliphatic rings. The van der Waals surface area contributed by atoms with Crippen molar-refractivity contribution in [1.29, 1.82) is 0 Å². The first kappa shape index (κ1) is 24.4. The highest BCUT2D eigenvalue weighted by molar-refractivity contribution is 7.89. The average Bonchev–Trinajstić information content (AvgIpc) is 2.71. The van der Waals surface area contributed by atoms with E-state index in [1.807, 2.05) is 0 Å². The van der Waals surface area contributed by atoms with Gasteiger partial charge in [-0.3, -0.25) is 4.79 Å². The van der Waals surface area contributed by atoms with Gasteiger partial charge in [0.2, 0.25) is 10.0 Å². The quantitative estimate of drug-likeness (QED) is 0.527. The highest BCUT2D eigenvalue weighted by Crippen LogP contribution is 2.32. The molecule has 0 heterocycles. The van der Waals surface area contributed by atoms with E-state index in [0.717, 1.165) is 18.2 Å². The molecule has 0 aliphatic heterocycles. The van der Waals surface area contributed by atoms with Crippen molar-refractivity contribution in [2.75, 3.05) is 25.0 Å². The smallest absolute Gasteiger partial charge is 0.387 e. The molecule has 0 saturated carbocycles. The fourth-order valence-corrected chi connectivity index (χ4v) is 4.28. The topological polar surface area (TPSA) is 105 Å². The number of amides is 1. The number of carbonyl (C=O) groups is 1. The lowest BCUT2D eigenvalue weighted by atomic mass is 10.1. The summed E-state index contributed by atoms with van der Waals surface area (Å²) in [4.78, 5) is 12.5. The molecule has 8 nitrogen and oxygen atoms in total. The van der Waals surface area contributed by atoms with Crippen LogP contribution in [0.4, 0.5) is 14.5 Å². The molecule has 0 atom stereocenters. The van der Waals surface area contributed by atoms with Crippen molar-refractivity contribution in [2.24, 2.45) is 0 Å². The maximum Gasteiger partial charge on any atom is 0.387 e. The minimum absolute atomic E-state index is 0.0291. The van der Waals surface area contributed by atoms with Gasteiger partial charge in [0.1, 0.15) is 5.75 Å². The van der Waals surface area contributed by atoms with E-state index in [-0.39, 0.29) is 53.1 Å². The molecule has 1 amide bonds. The largest absolute Gasteiger partial charge is 0.506 e. The van der Waals surface area contributed by atoms with Gasteiger partial charge in [-0.15, -0.1) is 0 Å². The van der Waals surface area contributed by atoms with Gasteiger partial charge in [-0.05, 0) is 43.3 Å². The van der Waals surface area contributed by atoms with Gasteiger partial charge in [0.25, 0.3) is 5.91 Å². The van der Waals surface area contributed by atoms with Crippen molar-refractivity contribution in [3.63, 3.8) is 0 Å². The molecule has 2 aromatic carbocycles. The second-order valence-electron chi connectivity index (χ2n) is 6.20. The van der Waals surface area contributed by atoms with E-state index in [0.29, 0.717) is 0 Å². The van der Waals surface area contributed by atoms with E-state index in [1.54, 1.807) is 20.8 Å². The number of phenolic OH excluding ortho intramolecular Hbond substituents is 1. The number of nitrogens with one attached hydrogen (secondary N) is 1. The summed E-state index contributed by atoms with van der Waals surface area (Å²) in [5, 5.41) is 12.5. The summed E-state index contributed by atoms with van der Waals surface area (Å²) < 4.78 is 61.3. The van der Waals surface area contributed by atoms with Crippen LogP contribution in [0.5, 0.6) is 17.2 Å². The zero-order chi connectivity index (χ0) is 23.2. The number of benzene rings is 2. The third kappa shape index (κ3) is 5.82. The number of hydrogen-bond donors (Lipinski definition) is 2. The number of halogens is 2. The van der Waals surface area contributed by atoms with Crippen molar-refractivity contribution >= 4 is 21.6 Å². The van der Waals surface area contributed by atoms with Gasteiger partial charge in [-0.1, -0.05) is 13.8 Å². The van der Waals surface area contributed by atoms with E-state index in [2.05, 4.69) is 10.1 Å². The summed E-state index contributed by atoms with van der Waals surface area (Å²) in [5.41, 5.74) is -0.0921. The number of anilines is 1. The first-order chi connectivity index (χ1) is 14.6. The lowest BCUT2D eigenvalue weighted by Gasteiger charge is -2.19. The molecule has 170 valence electrons. The van der Waals surface area contributed by atoms with Gasteiger partial charge in [0.05, 0.1) is 17.2 Å². The predicted octanol–water partition coefficient (Wildman–Crippen LogP) is 3.68. The van der Waals surface area contributed by atoms with Crippen LogP contribution in [-0.2, 0) is 10.0 Å². The van der Waals surface area contributed by atoms with Crippen molar-refractivity contribution < 1.29 is 36.6 Å². The molecule has 0 aliphatic carbocycles. The van der Waals surface area contributed by atoms with Gasteiger partial charge < -0.3 is 19.9 Å². The second-order valence-corrected chi connectivity index (χ2v) is 8.13. The van der Waals surface area contributed by atoms with Crippen LogP contribution in [0.15, 0.2) is 41.3 Å². The standard InChI is InChI=1S/C20H24F2N2O6S/c1-4-24(5-2)31(27,28)14-8-9-16(25)15(12-14)23-19(26)13-7-10-17(30-20(21)22)18(11-13)29-6-3/h7-12,20,25H,4-6H2,1-3H3,(H,23,26). The SMILES string of the molecule is CCOc1cc(C(=O)Nc2cc(S(=O)(=O)N(CC)CC)ccc2O)ccc1OC(F)F. The number of rotatable bonds is 10. The minimum atomic E-state index is -3.81. The Labute approximate surface area is 179 Å². The Morgan fingerprint density at radius 2 is 1.77 bits per heavy atom. The summed E-state index contributed by atoms with van der Waals surface area (Å²) >= 11 is 0. The first-order valence-corrected chi connectivity index (χ1v) is 10.9. The predicted molar refractivity (Wildman–Crippen MR) is 110 cm³/mol.